The van der Waals surface area contributed by atoms with Crippen molar-refractivity contribution in [1.82, 2.24) is 24.9 Å². The van der Waals surface area contributed by atoms with Gasteiger partial charge in [-0.25, -0.2) is 0 Å². The highest BCUT2D eigenvalue weighted by Gasteiger charge is 2.27. The van der Waals surface area contributed by atoms with Crippen molar-refractivity contribution in [3.05, 3.63) is 35.8 Å². The van der Waals surface area contributed by atoms with Crippen molar-refractivity contribution in [1.29, 1.82) is 0 Å². The van der Waals surface area contributed by atoms with Gasteiger partial charge < -0.3 is 9.80 Å². The van der Waals surface area contributed by atoms with Crippen molar-refractivity contribution in [3.8, 4) is 0 Å². The monoisotopic (exact) mass is 340 g/mol. The molecule has 1 aliphatic carbocycles. The normalized spacial score (nSPS) is 18.8. The van der Waals surface area contributed by atoms with E-state index in [0.29, 0.717) is 13.1 Å². The van der Waals surface area contributed by atoms with Gasteiger partial charge in [-0.2, -0.15) is 10.2 Å². The Morgan fingerprint density at radius 3 is 2.68 bits per heavy atom. The number of rotatable bonds is 3. The molecule has 7 heteroatoms. The summed E-state index contributed by atoms with van der Waals surface area (Å²) in [6, 6.07) is 3.78. The number of piperazine rings is 1. The molecule has 1 atom stereocenters. The van der Waals surface area contributed by atoms with Crippen LogP contribution >= 0.6 is 0 Å². The fraction of sp³-hybridized carbons (Fsp3) is 0.556. The van der Waals surface area contributed by atoms with Crippen LogP contribution in [0.5, 0.6) is 0 Å². The van der Waals surface area contributed by atoms with Crippen molar-refractivity contribution < 1.29 is 4.79 Å². The third kappa shape index (κ3) is 3.23. The lowest BCUT2D eigenvalue weighted by molar-refractivity contribution is -0.134. The van der Waals surface area contributed by atoms with E-state index in [-0.39, 0.29) is 11.9 Å². The minimum Gasteiger partial charge on any atom is -0.352 e. The van der Waals surface area contributed by atoms with Gasteiger partial charge in [-0.05, 0) is 50.3 Å². The first-order valence-electron chi connectivity index (χ1n) is 9.11. The molecule has 25 heavy (non-hydrogen) atoms. The topological polar surface area (TPSA) is 67.2 Å². The van der Waals surface area contributed by atoms with Crippen molar-refractivity contribution in [2.45, 2.75) is 38.6 Å². The highest BCUT2D eigenvalue weighted by Crippen LogP contribution is 2.23. The Kier molecular flexibility index (Phi) is 4.38. The van der Waals surface area contributed by atoms with Crippen LogP contribution in [0.15, 0.2) is 24.5 Å². The van der Waals surface area contributed by atoms with Gasteiger partial charge in [-0.3, -0.25) is 9.48 Å². The maximum atomic E-state index is 12.6. The zero-order valence-corrected chi connectivity index (χ0v) is 14.6. The summed E-state index contributed by atoms with van der Waals surface area (Å²) < 4.78 is 1.71. The quantitative estimate of drug-likeness (QED) is 0.846. The summed E-state index contributed by atoms with van der Waals surface area (Å²) in [4.78, 5) is 16.8. The third-order valence-corrected chi connectivity index (χ3v) is 5.25. The molecule has 0 radical (unpaired) electrons. The number of hydrogen-bond donors (Lipinski definition) is 0. The van der Waals surface area contributed by atoms with E-state index < -0.39 is 0 Å². The maximum absolute atomic E-state index is 12.6. The fourth-order valence-electron chi connectivity index (χ4n) is 3.68. The number of carbonyl (C=O) groups excluding carboxylic acids is 1. The number of amides is 1. The molecule has 4 rings (SSSR count). The van der Waals surface area contributed by atoms with Crippen LogP contribution in [0.2, 0.25) is 0 Å². The number of fused-ring (bicyclic) bond motifs is 1. The smallest absolute Gasteiger partial charge is 0.247 e. The molecule has 1 amide bonds. The Hall–Kier alpha value is -2.44. The molecule has 0 saturated carbocycles. The highest BCUT2D eigenvalue weighted by molar-refractivity contribution is 5.80. The largest absolute Gasteiger partial charge is 0.352 e. The lowest BCUT2D eigenvalue weighted by Crippen LogP contribution is -2.50. The van der Waals surface area contributed by atoms with E-state index in [9.17, 15) is 4.79 Å². The molecule has 1 unspecified atom stereocenters. The molecule has 1 aliphatic heterocycles. The molecule has 1 saturated heterocycles. The van der Waals surface area contributed by atoms with Gasteiger partial charge in [0.05, 0.1) is 5.69 Å². The maximum Gasteiger partial charge on any atom is 0.247 e. The Bertz CT molecular complexity index is 736. The second kappa shape index (κ2) is 6.82. The second-order valence-corrected chi connectivity index (χ2v) is 6.86. The molecule has 132 valence electrons. The summed E-state index contributed by atoms with van der Waals surface area (Å²) >= 11 is 0. The molecule has 3 heterocycles. The van der Waals surface area contributed by atoms with Crippen LogP contribution < -0.4 is 4.90 Å². The number of carbonyl (C=O) groups is 1. The minimum absolute atomic E-state index is 0.125. The molecule has 0 aromatic carbocycles. The van der Waals surface area contributed by atoms with Gasteiger partial charge in [0.15, 0.2) is 5.82 Å². The van der Waals surface area contributed by atoms with Crippen LogP contribution in [0.1, 0.15) is 37.1 Å². The SMILES string of the molecule is CC(C(=O)N1CCN(c2cc3c(nn2)CCCC3)CC1)n1cccn1. The highest BCUT2D eigenvalue weighted by atomic mass is 16.2. The predicted octanol–water partition coefficient (Wildman–Crippen LogP) is 1.46. The van der Waals surface area contributed by atoms with Gasteiger partial charge in [0, 0.05) is 38.6 Å². The van der Waals surface area contributed by atoms with Gasteiger partial charge in [0.2, 0.25) is 5.91 Å². The summed E-state index contributed by atoms with van der Waals surface area (Å²) in [6.45, 7) is 4.92. The average molecular weight is 340 g/mol. The first-order chi connectivity index (χ1) is 12.2. The molecule has 2 aromatic heterocycles. The summed E-state index contributed by atoms with van der Waals surface area (Å²) in [5, 5.41) is 13.0. The van der Waals surface area contributed by atoms with Crippen LogP contribution in [0.4, 0.5) is 5.82 Å². The number of anilines is 1. The van der Waals surface area contributed by atoms with Crippen LogP contribution in [0.25, 0.3) is 0 Å². The lowest BCUT2D eigenvalue weighted by Gasteiger charge is -2.36. The van der Waals surface area contributed by atoms with Gasteiger partial charge in [-0.1, -0.05) is 0 Å². The zero-order valence-electron chi connectivity index (χ0n) is 14.6. The predicted molar refractivity (Wildman–Crippen MR) is 94.4 cm³/mol. The molecule has 1 fully saturated rings. The van der Waals surface area contributed by atoms with Gasteiger partial charge in [-0.15, -0.1) is 5.10 Å². The van der Waals surface area contributed by atoms with Gasteiger partial charge in [0.1, 0.15) is 6.04 Å². The number of hydrogen-bond acceptors (Lipinski definition) is 5. The Labute approximate surface area is 147 Å². The summed E-state index contributed by atoms with van der Waals surface area (Å²) in [7, 11) is 0. The van der Waals surface area contributed by atoms with E-state index in [2.05, 4.69) is 26.3 Å². The van der Waals surface area contributed by atoms with Crippen LogP contribution in [0.3, 0.4) is 0 Å². The second-order valence-electron chi connectivity index (χ2n) is 6.86. The lowest BCUT2D eigenvalue weighted by atomic mass is 9.97. The molecule has 0 N–H and O–H groups in total. The summed E-state index contributed by atoms with van der Waals surface area (Å²) in [5.74, 6) is 1.08. The van der Waals surface area contributed by atoms with E-state index in [0.717, 1.165) is 37.4 Å². The van der Waals surface area contributed by atoms with Gasteiger partial charge >= 0.3 is 0 Å². The molecular weight excluding hydrogens is 316 g/mol. The van der Waals surface area contributed by atoms with Crippen molar-refractivity contribution in [3.63, 3.8) is 0 Å². The fourth-order valence-corrected chi connectivity index (χ4v) is 3.68. The van der Waals surface area contributed by atoms with Crippen LogP contribution in [-0.4, -0.2) is 57.0 Å². The first kappa shape index (κ1) is 16.1. The van der Waals surface area contributed by atoms with Crippen molar-refractivity contribution >= 4 is 11.7 Å². The third-order valence-electron chi connectivity index (χ3n) is 5.25. The van der Waals surface area contributed by atoms with E-state index in [1.165, 1.54) is 18.4 Å². The van der Waals surface area contributed by atoms with Crippen LogP contribution in [-0.2, 0) is 17.6 Å². The average Bonchev–Trinajstić information content (AvgIpc) is 3.21. The number of aryl methyl sites for hydroxylation is 2. The van der Waals surface area contributed by atoms with Crippen LogP contribution in [0, 0.1) is 0 Å². The number of nitrogens with zero attached hydrogens (tertiary/aromatic N) is 6. The van der Waals surface area contributed by atoms with Crippen molar-refractivity contribution in [2.75, 3.05) is 31.1 Å². The van der Waals surface area contributed by atoms with Crippen molar-refractivity contribution in [2.24, 2.45) is 0 Å². The standard InChI is InChI=1S/C18H24N6O/c1-14(24-8-4-7-19-24)18(25)23-11-9-22(10-12-23)17-13-15-5-2-3-6-16(15)20-21-17/h4,7-8,13-14H,2-3,5-6,9-12H2,1H3. The molecular formula is C18H24N6O. The van der Waals surface area contributed by atoms with E-state index in [4.69, 9.17) is 0 Å². The molecule has 7 nitrogen and oxygen atoms in total. The Balaban J connectivity index is 1.39. The minimum atomic E-state index is -0.259. The summed E-state index contributed by atoms with van der Waals surface area (Å²) in [5.41, 5.74) is 2.51. The van der Waals surface area contributed by atoms with Gasteiger partial charge in [0.25, 0.3) is 0 Å². The summed E-state index contributed by atoms with van der Waals surface area (Å²) in [6.07, 6.45) is 8.16. The van der Waals surface area contributed by atoms with E-state index in [1.807, 2.05) is 24.1 Å². The molecule has 0 bridgehead atoms. The molecule has 2 aliphatic rings. The molecule has 0 spiro atoms. The van der Waals surface area contributed by atoms with E-state index in [1.54, 1.807) is 10.9 Å². The molecule has 2 aromatic rings. The first-order valence-corrected chi connectivity index (χ1v) is 9.11. The Morgan fingerprint density at radius 1 is 1.12 bits per heavy atom. The van der Waals surface area contributed by atoms with E-state index >= 15 is 0 Å². The number of aromatic nitrogens is 4. The zero-order chi connectivity index (χ0) is 17.2. The Morgan fingerprint density at radius 2 is 1.92 bits per heavy atom.